The number of methoxy groups -OCH3 is 2. The molecule has 0 spiro atoms. The number of benzene rings is 2. The molecule has 2 fully saturated rings. The first-order valence-corrected chi connectivity index (χ1v) is 12.9. The van der Waals surface area contributed by atoms with E-state index in [0.29, 0.717) is 54.6 Å². The molecule has 3 heterocycles. The van der Waals surface area contributed by atoms with Crippen molar-refractivity contribution in [1.29, 1.82) is 0 Å². The molecule has 3 aromatic rings. The Morgan fingerprint density at radius 3 is 2.44 bits per heavy atom. The number of amides is 1. The van der Waals surface area contributed by atoms with Gasteiger partial charge in [0.25, 0.3) is 11.7 Å². The van der Waals surface area contributed by atoms with E-state index in [1.165, 1.54) is 18.2 Å². The Morgan fingerprint density at radius 1 is 1.03 bits per heavy atom. The average molecular weight is 533 g/mol. The molecule has 0 radical (unpaired) electrons. The fraction of sp³-hybridized carbons (Fsp3) is 0.345. The fourth-order valence-corrected chi connectivity index (χ4v) is 5.17. The van der Waals surface area contributed by atoms with Crippen LogP contribution in [0.15, 0.2) is 60.3 Å². The number of ketones is 1. The van der Waals surface area contributed by atoms with Crippen molar-refractivity contribution in [2.75, 3.05) is 53.6 Å². The molecular weight excluding hydrogens is 500 g/mol. The normalized spacial score (nSPS) is 19.5. The predicted molar refractivity (Wildman–Crippen MR) is 144 cm³/mol. The van der Waals surface area contributed by atoms with Crippen molar-refractivity contribution < 1.29 is 28.9 Å². The van der Waals surface area contributed by atoms with Crippen LogP contribution >= 0.6 is 0 Å². The summed E-state index contributed by atoms with van der Waals surface area (Å²) in [6.45, 7) is 5.46. The standard InChI is InChI=1S/C29H32N4O6/c1-19-22(18-30-33(19)21-7-5-4-6-8-21)27(34)25-26(20-9-10-23(37-2)24(17-20)38-3)32(29(36)28(25)35)12-11-31-13-15-39-16-14-31/h4-10,17-18,26,34H,11-16H2,1-3H3/b27-25+/t26-/m1/s1. The summed E-state index contributed by atoms with van der Waals surface area (Å²) in [6, 6.07) is 13.9. The van der Waals surface area contributed by atoms with Crippen molar-refractivity contribution in [3.05, 3.63) is 77.1 Å². The molecule has 0 unspecified atom stereocenters. The summed E-state index contributed by atoms with van der Waals surface area (Å²) < 4.78 is 18.0. The third-order valence-electron chi connectivity index (χ3n) is 7.29. The van der Waals surface area contributed by atoms with E-state index in [-0.39, 0.29) is 11.3 Å². The highest BCUT2D eigenvalue weighted by Gasteiger charge is 2.46. The number of likely N-dealkylation sites (tertiary alicyclic amines) is 1. The smallest absolute Gasteiger partial charge is 0.295 e. The van der Waals surface area contributed by atoms with Crippen LogP contribution in [-0.4, -0.2) is 90.0 Å². The van der Waals surface area contributed by atoms with Gasteiger partial charge in [0, 0.05) is 26.2 Å². The average Bonchev–Trinajstić information content (AvgIpc) is 3.48. The van der Waals surface area contributed by atoms with Gasteiger partial charge in [0.1, 0.15) is 5.76 Å². The van der Waals surface area contributed by atoms with E-state index in [1.807, 2.05) is 37.3 Å². The zero-order valence-electron chi connectivity index (χ0n) is 22.3. The number of Topliss-reactive ketones (excluding diaryl/α,β-unsaturated/α-hetero) is 1. The molecule has 5 rings (SSSR count). The number of nitrogens with zero attached hydrogens (tertiary/aromatic N) is 4. The number of ether oxygens (including phenoxy) is 3. The molecule has 1 N–H and O–H groups in total. The van der Waals surface area contributed by atoms with Crippen LogP contribution in [0.2, 0.25) is 0 Å². The Hall–Kier alpha value is -4.15. The van der Waals surface area contributed by atoms with E-state index in [1.54, 1.807) is 30.0 Å². The summed E-state index contributed by atoms with van der Waals surface area (Å²) in [4.78, 5) is 30.6. The molecule has 204 valence electrons. The number of aliphatic hydroxyl groups is 1. The molecule has 39 heavy (non-hydrogen) atoms. The minimum Gasteiger partial charge on any atom is -0.507 e. The SMILES string of the molecule is COc1ccc([C@@H]2/C(=C(\O)c3cnn(-c4ccccc4)c3C)C(=O)C(=O)N2CCN2CCOCC2)cc1OC. The van der Waals surface area contributed by atoms with E-state index in [4.69, 9.17) is 14.2 Å². The van der Waals surface area contributed by atoms with Crippen LogP contribution in [0.3, 0.4) is 0 Å². The van der Waals surface area contributed by atoms with Gasteiger partial charge in [-0.3, -0.25) is 14.5 Å². The number of aromatic nitrogens is 2. The first-order valence-electron chi connectivity index (χ1n) is 12.9. The molecule has 1 aromatic heterocycles. The maximum absolute atomic E-state index is 13.5. The van der Waals surface area contributed by atoms with E-state index < -0.39 is 17.7 Å². The molecule has 2 saturated heterocycles. The van der Waals surface area contributed by atoms with Crippen LogP contribution in [0.5, 0.6) is 11.5 Å². The number of carbonyl (C=O) groups excluding carboxylic acids is 2. The van der Waals surface area contributed by atoms with Gasteiger partial charge in [-0.15, -0.1) is 0 Å². The van der Waals surface area contributed by atoms with Crippen LogP contribution in [-0.2, 0) is 14.3 Å². The van der Waals surface area contributed by atoms with Gasteiger partial charge in [-0.1, -0.05) is 24.3 Å². The van der Waals surface area contributed by atoms with E-state index in [0.717, 1.165) is 18.8 Å². The summed E-state index contributed by atoms with van der Waals surface area (Å²) in [5, 5.41) is 16.0. The van der Waals surface area contributed by atoms with Gasteiger partial charge in [0.2, 0.25) is 0 Å². The van der Waals surface area contributed by atoms with Gasteiger partial charge in [-0.25, -0.2) is 4.68 Å². The van der Waals surface area contributed by atoms with Crippen LogP contribution in [0.1, 0.15) is 22.9 Å². The Bertz CT molecular complexity index is 1390. The molecular formula is C29H32N4O6. The highest BCUT2D eigenvalue weighted by molar-refractivity contribution is 6.46. The number of aliphatic hydroxyl groups excluding tert-OH is 1. The van der Waals surface area contributed by atoms with E-state index in [9.17, 15) is 14.7 Å². The first kappa shape index (κ1) is 26.5. The van der Waals surface area contributed by atoms with Gasteiger partial charge in [0.05, 0.1) is 62.2 Å². The van der Waals surface area contributed by atoms with Gasteiger partial charge in [-0.2, -0.15) is 5.10 Å². The monoisotopic (exact) mass is 532 g/mol. The summed E-state index contributed by atoms with van der Waals surface area (Å²) >= 11 is 0. The lowest BCUT2D eigenvalue weighted by Crippen LogP contribution is -2.42. The molecule has 0 bridgehead atoms. The highest BCUT2D eigenvalue weighted by Crippen LogP contribution is 2.42. The summed E-state index contributed by atoms with van der Waals surface area (Å²) in [5.41, 5.74) is 2.49. The van der Waals surface area contributed by atoms with Crippen molar-refractivity contribution in [2.24, 2.45) is 0 Å². The fourth-order valence-electron chi connectivity index (χ4n) is 5.17. The third-order valence-corrected chi connectivity index (χ3v) is 7.29. The van der Waals surface area contributed by atoms with Gasteiger partial charge >= 0.3 is 0 Å². The zero-order chi connectivity index (χ0) is 27.5. The van der Waals surface area contributed by atoms with Crippen molar-refractivity contribution in [2.45, 2.75) is 13.0 Å². The molecule has 2 aliphatic heterocycles. The van der Waals surface area contributed by atoms with Crippen LogP contribution in [0.25, 0.3) is 11.4 Å². The largest absolute Gasteiger partial charge is 0.507 e. The topological polar surface area (TPSA) is 106 Å². The maximum atomic E-state index is 13.5. The van der Waals surface area contributed by atoms with E-state index >= 15 is 0 Å². The van der Waals surface area contributed by atoms with Gasteiger partial charge in [0.15, 0.2) is 11.5 Å². The Labute approximate surface area is 227 Å². The van der Waals surface area contributed by atoms with E-state index in [2.05, 4.69) is 10.00 Å². The Kier molecular flexibility index (Phi) is 7.67. The van der Waals surface area contributed by atoms with Crippen LogP contribution in [0.4, 0.5) is 0 Å². The second kappa shape index (κ2) is 11.3. The molecule has 0 aliphatic carbocycles. The number of para-hydroxylation sites is 1. The van der Waals surface area contributed by atoms with Crippen molar-refractivity contribution in [3.8, 4) is 17.2 Å². The lowest BCUT2D eigenvalue weighted by atomic mass is 9.95. The van der Waals surface area contributed by atoms with Crippen molar-refractivity contribution in [1.82, 2.24) is 19.6 Å². The lowest BCUT2D eigenvalue weighted by Gasteiger charge is -2.31. The predicted octanol–water partition coefficient (Wildman–Crippen LogP) is 2.95. The third kappa shape index (κ3) is 5.00. The van der Waals surface area contributed by atoms with Crippen molar-refractivity contribution in [3.63, 3.8) is 0 Å². The zero-order valence-corrected chi connectivity index (χ0v) is 22.3. The number of carbonyl (C=O) groups is 2. The van der Waals surface area contributed by atoms with Gasteiger partial charge < -0.3 is 24.2 Å². The number of hydrogen-bond donors (Lipinski definition) is 1. The summed E-state index contributed by atoms with van der Waals surface area (Å²) in [7, 11) is 3.07. The molecule has 2 aromatic carbocycles. The Morgan fingerprint density at radius 2 is 1.74 bits per heavy atom. The quantitative estimate of drug-likeness (QED) is 0.268. The molecule has 10 heteroatoms. The first-order chi connectivity index (χ1) is 18.9. The minimum absolute atomic E-state index is 0.0184. The molecule has 1 amide bonds. The van der Waals surface area contributed by atoms with Crippen LogP contribution < -0.4 is 9.47 Å². The second-order valence-corrected chi connectivity index (χ2v) is 9.45. The van der Waals surface area contributed by atoms with Gasteiger partial charge in [-0.05, 0) is 36.8 Å². The number of hydrogen-bond acceptors (Lipinski definition) is 8. The minimum atomic E-state index is -0.815. The van der Waals surface area contributed by atoms with Crippen molar-refractivity contribution >= 4 is 17.4 Å². The molecule has 0 saturated carbocycles. The summed E-state index contributed by atoms with van der Waals surface area (Å²) in [5.74, 6) is -0.672. The highest BCUT2D eigenvalue weighted by atomic mass is 16.5. The number of rotatable bonds is 8. The summed E-state index contributed by atoms with van der Waals surface area (Å²) in [6.07, 6.45) is 1.52. The maximum Gasteiger partial charge on any atom is 0.295 e. The molecule has 10 nitrogen and oxygen atoms in total. The van der Waals surface area contributed by atoms with Crippen LogP contribution in [0, 0.1) is 6.92 Å². The second-order valence-electron chi connectivity index (χ2n) is 9.45. The lowest BCUT2D eigenvalue weighted by molar-refractivity contribution is -0.140. The number of morpholine rings is 1. The molecule has 1 atom stereocenters. The molecule has 2 aliphatic rings. The Balaban J connectivity index is 1.59.